The monoisotopic (exact) mass is 355 g/mol. The van der Waals surface area contributed by atoms with Gasteiger partial charge in [-0.3, -0.25) is 0 Å². The molecule has 3 N–H and O–H groups in total. The third-order valence-electron chi connectivity index (χ3n) is 4.17. The van der Waals surface area contributed by atoms with Gasteiger partial charge < -0.3 is 29.6 Å². The van der Waals surface area contributed by atoms with Crippen LogP contribution in [-0.4, -0.2) is 36.0 Å². The smallest absolute Gasteiger partial charge is 0.183 e. The molecule has 0 saturated carbocycles. The van der Waals surface area contributed by atoms with Gasteiger partial charge >= 0.3 is 0 Å². The first-order chi connectivity index (χ1) is 12.5. The SMILES string of the molecule is COc1ccc(-c2c(-c3cc(N)c(OC)c(OC)c3)ncn2C)cc1O. The molecule has 7 nitrogen and oxygen atoms in total. The van der Waals surface area contributed by atoms with Gasteiger partial charge in [-0.1, -0.05) is 0 Å². The van der Waals surface area contributed by atoms with E-state index in [1.54, 1.807) is 38.7 Å². The highest BCUT2D eigenvalue weighted by Gasteiger charge is 2.18. The molecule has 0 spiro atoms. The van der Waals surface area contributed by atoms with Crippen LogP contribution >= 0.6 is 0 Å². The molecule has 0 aliphatic rings. The molecule has 0 aliphatic carbocycles. The van der Waals surface area contributed by atoms with Crippen molar-refractivity contribution in [3.05, 3.63) is 36.7 Å². The number of rotatable bonds is 5. The van der Waals surface area contributed by atoms with Gasteiger partial charge in [0.1, 0.15) is 0 Å². The molecule has 0 unspecified atom stereocenters. The molecular formula is C19H21N3O4. The van der Waals surface area contributed by atoms with E-state index in [1.807, 2.05) is 23.7 Å². The largest absolute Gasteiger partial charge is 0.504 e. The van der Waals surface area contributed by atoms with Crippen molar-refractivity contribution in [2.45, 2.75) is 0 Å². The summed E-state index contributed by atoms with van der Waals surface area (Å²) in [6.45, 7) is 0. The number of aromatic hydroxyl groups is 1. The molecule has 136 valence electrons. The van der Waals surface area contributed by atoms with Gasteiger partial charge in [0.05, 0.1) is 44.7 Å². The average Bonchev–Trinajstić information content (AvgIpc) is 3.02. The van der Waals surface area contributed by atoms with Crippen molar-refractivity contribution in [2.24, 2.45) is 7.05 Å². The third-order valence-corrected chi connectivity index (χ3v) is 4.17. The molecule has 0 atom stereocenters. The Morgan fingerprint density at radius 2 is 1.69 bits per heavy atom. The third kappa shape index (κ3) is 2.88. The van der Waals surface area contributed by atoms with Crippen LogP contribution in [0.1, 0.15) is 0 Å². The Labute approximate surface area is 151 Å². The van der Waals surface area contributed by atoms with E-state index in [0.29, 0.717) is 28.6 Å². The van der Waals surface area contributed by atoms with E-state index in [4.69, 9.17) is 19.9 Å². The molecule has 2 aromatic carbocycles. The standard InChI is InChI=1S/C19H21N3O4/c1-22-10-21-17(12-7-13(20)19(26-4)16(9-12)25-3)18(22)11-5-6-15(24-2)14(23)8-11/h5-10,23H,20H2,1-4H3. The minimum absolute atomic E-state index is 0.0592. The molecule has 7 heteroatoms. The van der Waals surface area contributed by atoms with Gasteiger partial charge in [0, 0.05) is 18.2 Å². The van der Waals surface area contributed by atoms with Gasteiger partial charge in [-0.25, -0.2) is 4.98 Å². The molecular weight excluding hydrogens is 334 g/mol. The number of phenols is 1. The van der Waals surface area contributed by atoms with E-state index in [1.165, 1.54) is 7.11 Å². The minimum atomic E-state index is 0.0592. The van der Waals surface area contributed by atoms with E-state index in [0.717, 1.165) is 16.8 Å². The minimum Gasteiger partial charge on any atom is -0.504 e. The van der Waals surface area contributed by atoms with Gasteiger partial charge in [-0.2, -0.15) is 0 Å². The number of hydrogen-bond acceptors (Lipinski definition) is 6. The lowest BCUT2D eigenvalue weighted by Crippen LogP contribution is -1.98. The predicted molar refractivity (Wildman–Crippen MR) is 99.8 cm³/mol. The van der Waals surface area contributed by atoms with Gasteiger partial charge in [-0.05, 0) is 30.3 Å². The number of anilines is 1. The second kappa shape index (κ2) is 6.87. The van der Waals surface area contributed by atoms with Gasteiger partial charge in [0.25, 0.3) is 0 Å². The van der Waals surface area contributed by atoms with Crippen molar-refractivity contribution >= 4 is 5.69 Å². The van der Waals surface area contributed by atoms with Crippen molar-refractivity contribution in [3.8, 4) is 45.5 Å². The molecule has 0 fully saturated rings. The number of aryl methyl sites for hydroxylation is 1. The summed E-state index contributed by atoms with van der Waals surface area (Å²) >= 11 is 0. The molecule has 0 aliphatic heterocycles. The zero-order chi connectivity index (χ0) is 18.8. The summed E-state index contributed by atoms with van der Waals surface area (Å²) in [6, 6.07) is 8.83. The van der Waals surface area contributed by atoms with Gasteiger partial charge in [0.15, 0.2) is 23.0 Å². The van der Waals surface area contributed by atoms with Crippen molar-refractivity contribution in [3.63, 3.8) is 0 Å². The van der Waals surface area contributed by atoms with Crippen LogP contribution in [0.4, 0.5) is 5.69 Å². The Morgan fingerprint density at radius 1 is 0.962 bits per heavy atom. The number of nitrogens with two attached hydrogens (primary N) is 1. The number of ether oxygens (including phenoxy) is 3. The second-order valence-corrected chi connectivity index (χ2v) is 5.74. The summed E-state index contributed by atoms with van der Waals surface area (Å²) in [5, 5.41) is 10.1. The Morgan fingerprint density at radius 3 is 2.31 bits per heavy atom. The Hall–Kier alpha value is -3.35. The lowest BCUT2D eigenvalue weighted by Gasteiger charge is -2.13. The fraction of sp³-hybridized carbons (Fsp3) is 0.211. The van der Waals surface area contributed by atoms with Crippen LogP contribution < -0.4 is 19.9 Å². The first kappa shape index (κ1) is 17.5. The summed E-state index contributed by atoms with van der Waals surface area (Å²) < 4.78 is 17.7. The normalized spacial score (nSPS) is 10.6. The molecule has 0 bridgehead atoms. The number of nitrogens with zero attached hydrogens (tertiary/aromatic N) is 2. The average molecular weight is 355 g/mol. The molecule has 3 aromatic rings. The van der Waals surface area contributed by atoms with Crippen LogP contribution in [-0.2, 0) is 7.05 Å². The van der Waals surface area contributed by atoms with Crippen molar-refractivity contribution in [1.82, 2.24) is 9.55 Å². The number of nitrogen functional groups attached to an aromatic ring is 1. The molecule has 0 amide bonds. The highest BCUT2D eigenvalue weighted by Crippen LogP contribution is 2.41. The number of methoxy groups -OCH3 is 3. The maximum atomic E-state index is 10.1. The van der Waals surface area contributed by atoms with E-state index in [-0.39, 0.29) is 5.75 Å². The van der Waals surface area contributed by atoms with Crippen LogP contribution in [0.5, 0.6) is 23.0 Å². The highest BCUT2D eigenvalue weighted by molar-refractivity contribution is 5.83. The lowest BCUT2D eigenvalue weighted by molar-refractivity contribution is 0.356. The first-order valence-corrected chi connectivity index (χ1v) is 7.90. The summed E-state index contributed by atoms with van der Waals surface area (Å²) in [5.41, 5.74) is 9.68. The summed E-state index contributed by atoms with van der Waals surface area (Å²) in [4.78, 5) is 4.50. The Kier molecular flexibility index (Phi) is 4.62. The lowest BCUT2D eigenvalue weighted by atomic mass is 10.0. The van der Waals surface area contributed by atoms with Crippen LogP contribution in [0, 0.1) is 0 Å². The molecule has 1 heterocycles. The molecule has 0 radical (unpaired) electrons. The van der Waals surface area contributed by atoms with Gasteiger partial charge in [-0.15, -0.1) is 0 Å². The van der Waals surface area contributed by atoms with Crippen molar-refractivity contribution in [1.29, 1.82) is 0 Å². The highest BCUT2D eigenvalue weighted by atomic mass is 16.5. The second-order valence-electron chi connectivity index (χ2n) is 5.74. The fourth-order valence-electron chi connectivity index (χ4n) is 2.95. The van der Waals surface area contributed by atoms with Crippen molar-refractivity contribution in [2.75, 3.05) is 27.1 Å². The molecule has 1 aromatic heterocycles. The molecule has 0 saturated heterocycles. The van der Waals surface area contributed by atoms with Crippen molar-refractivity contribution < 1.29 is 19.3 Å². The maximum Gasteiger partial charge on any atom is 0.183 e. The Bertz CT molecular complexity index is 950. The topological polar surface area (TPSA) is 91.8 Å². The van der Waals surface area contributed by atoms with Crippen LogP contribution in [0.25, 0.3) is 22.5 Å². The number of imidazole rings is 1. The molecule has 3 rings (SSSR count). The fourth-order valence-corrected chi connectivity index (χ4v) is 2.95. The first-order valence-electron chi connectivity index (χ1n) is 7.90. The van der Waals surface area contributed by atoms with E-state index in [9.17, 15) is 5.11 Å². The van der Waals surface area contributed by atoms with E-state index < -0.39 is 0 Å². The molecule has 26 heavy (non-hydrogen) atoms. The van der Waals surface area contributed by atoms with Crippen LogP contribution in [0.15, 0.2) is 36.7 Å². The van der Waals surface area contributed by atoms with E-state index in [2.05, 4.69) is 4.98 Å². The number of phenolic OH excluding ortho intramolecular Hbond substituents is 1. The number of aromatic nitrogens is 2. The van der Waals surface area contributed by atoms with Crippen LogP contribution in [0.2, 0.25) is 0 Å². The number of benzene rings is 2. The summed E-state index contributed by atoms with van der Waals surface area (Å²) in [7, 11) is 6.50. The number of hydrogen-bond donors (Lipinski definition) is 2. The quantitative estimate of drug-likeness (QED) is 0.684. The zero-order valence-corrected chi connectivity index (χ0v) is 15.1. The predicted octanol–water partition coefficient (Wildman–Crippen LogP) is 3.07. The zero-order valence-electron chi connectivity index (χ0n) is 15.1. The van der Waals surface area contributed by atoms with Gasteiger partial charge in [0.2, 0.25) is 0 Å². The maximum absolute atomic E-state index is 10.1. The van der Waals surface area contributed by atoms with E-state index >= 15 is 0 Å². The van der Waals surface area contributed by atoms with Crippen LogP contribution in [0.3, 0.4) is 0 Å². The summed E-state index contributed by atoms with van der Waals surface area (Å²) in [6.07, 6.45) is 1.71. The summed E-state index contributed by atoms with van der Waals surface area (Å²) in [5.74, 6) is 1.48. The Balaban J connectivity index is 2.18.